The summed E-state index contributed by atoms with van der Waals surface area (Å²) >= 11 is 0. The van der Waals surface area contributed by atoms with Crippen molar-refractivity contribution in [2.24, 2.45) is 10.9 Å². The third-order valence-electron chi connectivity index (χ3n) is 4.40. The van der Waals surface area contributed by atoms with E-state index in [1.165, 1.54) is 0 Å². The zero-order chi connectivity index (χ0) is 18.1. The highest BCUT2D eigenvalue weighted by molar-refractivity contribution is 6.13. The van der Waals surface area contributed by atoms with E-state index in [0.717, 1.165) is 16.5 Å². The molecule has 8 heteroatoms. The molecular weight excluding hydrogens is 332 g/mol. The Balaban J connectivity index is 1.64. The fourth-order valence-electron chi connectivity index (χ4n) is 3.15. The summed E-state index contributed by atoms with van der Waals surface area (Å²) in [5, 5.41) is 13.4. The van der Waals surface area contributed by atoms with Gasteiger partial charge in [0.2, 0.25) is 5.91 Å². The second-order valence-electron chi connectivity index (χ2n) is 6.10. The molecule has 0 bridgehead atoms. The summed E-state index contributed by atoms with van der Waals surface area (Å²) in [7, 11) is 0. The van der Waals surface area contributed by atoms with Crippen LogP contribution in [0.3, 0.4) is 0 Å². The number of hydrogen-bond acceptors (Lipinski definition) is 4. The maximum atomic E-state index is 13.0. The molecule has 1 aromatic carbocycles. The lowest BCUT2D eigenvalue weighted by molar-refractivity contribution is -0.118. The Bertz CT molecular complexity index is 1010. The first-order chi connectivity index (χ1) is 12.6. The standard InChI is InChI=1S/C18H16N6O2/c1-10-15(16(23-18(26)21-10)11-4-6-19-7-5-11)17(25)22-13-2-3-14-12(8-13)9-20-24-14/h2-9,15-16H,1H3,(H,20,24)(H,22,25)(H,23,26). The summed E-state index contributed by atoms with van der Waals surface area (Å²) in [5.74, 6) is -0.856. The van der Waals surface area contributed by atoms with Crippen LogP contribution >= 0.6 is 0 Å². The molecule has 2 aromatic heterocycles. The minimum absolute atomic E-state index is 0.240. The Morgan fingerprint density at radius 2 is 2.00 bits per heavy atom. The number of pyridine rings is 1. The number of anilines is 1. The highest BCUT2D eigenvalue weighted by Crippen LogP contribution is 2.28. The van der Waals surface area contributed by atoms with E-state index < -0.39 is 18.0 Å². The van der Waals surface area contributed by atoms with Crippen molar-refractivity contribution in [3.05, 3.63) is 54.5 Å². The van der Waals surface area contributed by atoms with Gasteiger partial charge in [-0.05, 0) is 42.8 Å². The zero-order valence-electron chi connectivity index (χ0n) is 13.9. The number of carbonyl (C=O) groups is 2. The molecule has 0 spiro atoms. The van der Waals surface area contributed by atoms with Crippen LogP contribution in [0, 0.1) is 5.92 Å². The van der Waals surface area contributed by atoms with Crippen LogP contribution in [0.5, 0.6) is 0 Å². The molecule has 3 N–H and O–H groups in total. The van der Waals surface area contributed by atoms with Crippen LogP contribution < -0.4 is 10.6 Å². The molecule has 3 aromatic rings. The van der Waals surface area contributed by atoms with E-state index in [1.807, 2.05) is 12.1 Å². The normalized spacial score (nSPS) is 19.7. The van der Waals surface area contributed by atoms with Crippen molar-refractivity contribution in [1.29, 1.82) is 0 Å². The Hall–Kier alpha value is -3.55. The van der Waals surface area contributed by atoms with Crippen LogP contribution in [0.2, 0.25) is 0 Å². The van der Waals surface area contributed by atoms with Crippen LogP contribution in [0.4, 0.5) is 10.5 Å². The lowest BCUT2D eigenvalue weighted by atomic mass is 9.88. The molecule has 1 aliphatic heterocycles. The van der Waals surface area contributed by atoms with Gasteiger partial charge in [0.05, 0.1) is 17.8 Å². The van der Waals surface area contributed by atoms with Crippen LogP contribution in [0.1, 0.15) is 18.5 Å². The predicted molar refractivity (Wildman–Crippen MR) is 96.8 cm³/mol. The molecule has 2 atom stereocenters. The largest absolute Gasteiger partial charge is 0.341 e. The second kappa shape index (κ2) is 6.40. The second-order valence-corrected chi connectivity index (χ2v) is 6.10. The van der Waals surface area contributed by atoms with Gasteiger partial charge in [-0.3, -0.25) is 14.9 Å². The van der Waals surface area contributed by atoms with E-state index in [9.17, 15) is 9.59 Å². The van der Waals surface area contributed by atoms with Gasteiger partial charge in [0, 0.05) is 29.2 Å². The molecule has 130 valence electrons. The number of benzene rings is 1. The number of fused-ring (bicyclic) bond motifs is 1. The summed E-state index contributed by atoms with van der Waals surface area (Å²) in [6.45, 7) is 1.69. The maximum Gasteiger partial charge on any atom is 0.341 e. The lowest BCUT2D eigenvalue weighted by Crippen LogP contribution is -2.45. The summed E-state index contributed by atoms with van der Waals surface area (Å²) in [5.41, 5.74) is 2.81. The topological polar surface area (TPSA) is 112 Å². The molecule has 3 heterocycles. The lowest BCUT2D eigenvalue weighted by Gasteiger charge is -2.30. The quantitative estimate of drug-likeness (QED) is 0.675. The van der Waals surface area contributed by atoms with Crippen molar-refractivity contribution in [1.82, 2.24) is 20.5 Å². The van der Waals surface area contributed by atoms with Gasteiger partial charge in [0.1, 0.15) is 5.92 Å². The Kier molecular flexibility index (Phi) is 3.92. The molecule has 0 saturated carbocycles. The van der Waals surface area contributed by atoms with Crippen molar-refractivity contribution >= 4 is 34.2 Å². The van der Waals surface area contributed by atoms with Crippen molar-refractivity contribution < 1.29 is 9.59 Å². The molecule has 0 fully saturated rings. The van der Waals surface area contributed by atoms with Crippen LogP contribution in [0.15, 0.2) is 53.9 Å². The van der Waals surface area contributed by atoms with Gasteiger partial charge in [-0.15, -0.1) is 0 Å². The summed E-state index contributed by atoms with van der Waals surface area (Å²) in [4.78, 5) is 32.7. The van der Waals surface area contributed by atoms with Crippen LogP contribution in [0.25, 0.3) is 10.9 Å². The number of nitrogens with one attached hydrogen (secondary N) is 3. The third-order valence-corrected chi connectivity index (χ3v) is 4.40. The van der Waals surface area contributed by atoms with Gasteiger partial charge >= 0.3 is 6.03 Å². The third kappa shape index (κ3) is 2.92. The number of nitrogens with zero attached hydrogens (tertiary/aromatic N) is 3. The van der Waals surface area contributed by atoms with E-state index >= 15 is 0 Å². The SMILES string of the molecule is CC1=NC(=O)NC(c2ccncc2)C1C(=O)Nc1ccc2[nH]ncc2c1. The van der Waals surface area contributed by atoms with Gasteiger partial charge in [0.25, 0.3) is 0 Å². The number of urea groups is 1. The molecule has 26 heavy (non-hydrogen) atoms. The van der Waals surface area contributed by atoms with Crippen molar-refractivity contribution in [3.63, 3.8) is 0 Å². The highest BCUT2D eigenvalue weighted by Gasteiger charge is 2.36. The zero-order valence-corrected chi connectivity index (χ0v) is 13.9. The summed E-state index contributed by atoms with van der Waals surface area (Å²) in [6, 6.07) is 8.10. The maximum absolute atomic E-state index is 13.0. The van der Waals surface area contributed by atoms with Gasteiger partial charge in [-0.1, -0.05) is 0 Å². The number of amides is 3. The molecule has 3 amide bonds. The van der Waals surface area contributed by atoms with E-state index in [2.05, 4.69) is 30.8 Å². The highest BCUT2D eigenvalue weighted by atomic mass is 16.2. The Labute approximate surface area is 148 Å². The number of carbonyl (C=O) groups excluding carboxylic acids is 2. The minimum atomic E-state index is -0.616. The molecule has 1 aliphatic rings. The number of hydrogen-bond donors (Lipinski definition) is 3. The van der Waals surface area contributed by atoms with E-state index in [0.29, 0.717) is 11.4 Å². The summed E-state index contributed by atoms with van der Waals surface area (Å²) < 4.78 is 0. The van der Waals surface area contributed by atoms with Crippen molar-refractivity contribution in [3.8, 4) is 0 Å². The molecule has 0 aliphatic carbocycles. The summed E-state index contributed by atoms with van der Waals surface area (Å²) in [6.07, 6.45) is 4.95. The van der Waals surface area contributed by atoms with E-state index in [1.54, 1.807) is 43.7 Å². The Morgan fingerprint density at radius 3 is 2.81 bits per heavy atom. The Morgan fingerprint density at radius 1 is 1.19 bits per heavy atom. The average Bonchev–Trinajstić information content (AvgIpc) is 3.09. The number of aliphatic imine (C=N–C) groups is 1. The number of H-pyrrole nitrogens is 1. The molecule has 8 nitrogen and oxygen atoms in total. The van der Waals surface area contributed by atoms with Crippen molar-refractivity contribution in [2.75, 3.05) is 5.32 Å². The van der Waals surface area contributed by atoms with Crippen LogP contribution in [-0.4, -0.2) is 32.8 Å². The van der Waals surface area contributed by atoms with Gasteiger partial charge in [-0.2, -0.15) is 5.10 Å². The number of aromatic nitrogens is 3. The smallest absolute Gasteiger partial charge is 0.328 e. The molecule has 0 saturated heterocycles. The van der Waals surface area contributed by atoms with E-state index in [-0.39, 0.29) is 5.91 Å². The average molecular weight is 348 g/mol. The molecule has 0 radical (unpaired) electrons. The first-order valence-electron chi connectivity index (χ1n) is 8.11. The fourth-order valence-corrected chi connectivity index (χ4v) is 3.15. The monoisotopic (exact) mass is 348 g/mol. The molecular formula is C18H16N6O2. The van der Waals surface area contributed by atoms with Crippen LogP contribution in [-0.2, 0) is 4.79 Å². The fraction of sp³-hybridized carbons (Fsp3) is 0.167. The first-order valence-corrected chi connectivity index (χ1v) is 8.11. The van der Waals surface area contributed by atoms with Gasteiger partial charge in [-0.25, -0.2) is 9.79 Å². The van der Waals surface area contributed by atoms with E-state index in [4.69, 9.17) is 0 Å². The van der Waals surface area contributed by atoms with Crippen molar-refractivity contribution in [2.45, 2.75) is 13.0 Å². The number of rotatable bonds is 3. The minimum Gasteiger partial charge on any atom is -0.328 e. The first kappa shape index (κ1) is 15.9. The molecule has 4 rings (SSSR count). The predicted octanol–water partition coefficient (Wildman–Crippen LogP) is 2.44. The molecule has 2 unspecified atom stereocenters. The van der Waals surface area contributed by atoms with Gasteiger partial charge < -0.3 is 10.6 Å². The number of aromatic amines is 1. The van der Waals surface area contributed by atoms with Gasteiger partial charge in [0.15, 0.2) is 0 Å².